The zero-order chi connectivity index (χ0) is 23.1. The third-order valence-electron chi connectivity index (χ3n) is 6.19. The van der Waals surface area contributed by atoms with Crippen molar-refractivity contribution in [3.05, 3.63) is 53.9 Å². The molecule has 4 heterocycles. The van der Waals surface area contributed by atoms with E-state index in [4.69, 9.17) is 4.74 Å². The average molecular weight is 450 g/mol. The van der Waals surface area contributed by atoms with Crippen molar-refractivity contribution in [3.8, 4) is 5.69 Å². The number of aromatic nitrogens is 3. The fourth-order valence-electron chi connectivity index (χ4n) is 4.42. The molecule has 1 aromatic carbocycles. The second-order valence-corrected chi connectivity index (χ2v) is 8.23. The molecular formula is C22H22N6O5. The molecule has 3 aliphatic rings. The summed E-state index contributed by atoms with van der Waals surface area (Å²) >= 11 is 0. The first-order chi connectivity index (χ1) is 15.9. The Morgan fingerprint density at radius 1 is 1.27 bits per heavy atom. The summed E-state index contributed by atoms with van der Waals surface area (Å²) in [7, 11) is 0. The highest BCUT2D eigenvalue weighted by molar-refractivity contribution is 6.05. The van der Waals surface area contributed by atoms with Crippen LogP contribution >= 0.6 is 0 Å². The van der Waals surface area contributed by atoms with Gasteiger partial charge < -0.3 is 15.0 Å². The molecule has 0 radical (unpaired) electrons. The van der Waals surface area contributed by atoms with Crippen molar-refractivity contribution >= 4 is 23.6 Å². The van der Waals surface area contributed by atoms with Crippen LogP contribution in [0.4, 0.5) is 0 Å². The summed E-state index contributed by atoms with van der Waals surface area (Å²) in [6, 6.07) is 4.39. The Bertz CT molecular complexity index is 1170. The second kappa shape index (κ2) is 8.24. The van der Waals surface area contributed by atoms with Crippen molar-refractivity contribution in [2.45, 2.75) is 44.0 Å². The van der Waals surface area contributed by atoms with E-state index in [0.717, 1.165) is 5.56 Å². The number of piperidine rings is 1. The molecular weight excluding hydrogens is 428 g/mol. The molecule has 0 bridgehead atoms. The number of carbonyl (C=O) groups excluding carboxylic acids is 4. The highest BCUT2D eigenvalue weighted by atomic mass is 16.5. The van der Waals surface area contributed by atoms with Gasteiger partial charge in [0.1, 0.15) is 6.04 Å². The van der Waals surface area contributed by atoms with Crippen molar-refractivity contribution in [3.63, 3.8) is 0 Å². The third-order valence-corrected chi connectivity index (χ3v) is 6.19. The molecule has 11 heteroatoms. The minimum Gasteiger partial charge on any atom is -0.372 e. The monoisotopic (exact) mass is 450 g/mol. The van der Waals surface area contributed by atoms with E-state index in [1.165, 1.54) is 15.8 Å². The Hall–Kier alpha value is -3.86. The van der Waals surface area contributed by atoms with Gasteiger partial charge in [-0.15, -0.1) is 11.7 Å². The molecule has 33 heavy (non-hydrogen) atoms. The molecule has 3 aliphatic heterocycles. The number of hydrogen-bond acceptors (Lipinski definition) is 7. The van der Waals surface area contributed by atoms with Crippen LogP contribution in [0.3, 0.4) is 0 Å². The molecule has 1 unspecified atom stereocenters. The van der Waals surface area contributed by atoms with Gasteiger partial charge in [0.15, 0.2) is 5.69 Å². The summed E-state index contributed by atoms with van der Waals surface area (Å²) in [6.07, 6.45) is 4.11. The molecule has 0 spiro atoms. The summed E-state index contributed by atoms with van der Waals surface area (Å²) in [4.78, 5) is 50.7. The van der Waals surface area contributed by atoms with E-state index in [0.29, 0.717) is 37.2 Å². The predicted molar refractivity (Wildman–Crippen MR) is 113 cm³/mol. The zero-order valence-corrected chi connectivity index (χ0v) is 17.7. The van der Waals surface area contributed by atoms with Gasteiger partial charge in [0, 0.05) is 25.1 Å². The zero-order valence-electron chi connectivity index (χ0n) is 17.7. The molecule has 2 aromatic rings. The quantitative estimate of drug-likeness (QED) is 0.487. The highest BCUT2D eigenvalue weighted by Gasteiger charge is 2.39. The topological polar surface area (TPSA) is 136 Å². The summed E-state index contributed by atoms with van der Waals surface area (Å²) < 4.78 is 6.92. The Morgan fingerprint density at radius 2 is 2.12 bits per heavy atom. The number of nitrogens with zero attached hydrogens (tertiary/aromatic N) is 4. The van der Waals surface area contributed by atoms with Gasteiger partial charge in [-0.1, -0.05) is 17.4 Å². The second-order valence-electron chi connectivity index (χ2n) is 8.23. The van der Waals surface area contributed by atoms with Crippen LogP contribution in [-0.4, -0.2) is 68.3 Å². The molecule has 1 aromatic heterocycles. The van der Waals surface area contributed by atoms with E-state index in [-0.39, 0.29) is 42.0 Å². The Kier molecular flexibility index (Phi) is 5.25. The minimum atomic E-state index is -0.674. The molecule has 2 N–H and O–H groups in total. The van der Waals surface area contributed by atoms with Gasteiger partial charge >= 0.3 is 0 Å². The lowest BCUT2D eigenvalue weighted by atomic mass is 10.0. The molecule has 11 nitrogen and oxygen atoms in total. The van der Waals surface area contributed by atoms with Crippen molar-refractivity contribution in [2.24, 2.45) is 0 Å². The van der Waals surface area contributed by atoms with Crippen LogP contribution in [0.25, 0.3) is 5.69 Å². The molecule has 0 aliphatic carbocycles. The van der Waals surface area contributed by atoms with Crippen LogP contribution in [0.15, 0.2) is 37.1 Å². The van der Waals surface area contributed by atoms with Gasteiger partial charge in [-0.3, -0.25) is 24.5 Å². The van der Waals surface area contributed by atoms with Crippen LogP contribution in [-0.2, 0) is 20.9 Å². The SMILES string of the molecule is C=C[C@@H]1OCC[C@H]1NC(=O)c1cn(-c2ccc3c(c2)C(=O)N(C2CCC(=O)NC2=O)C3)nn1. The third kappa shape index (κ3) is 3.80. The molecule has 5 rings (SSSR count). The van der Waals surface area contributed by atoms with E-state index in [1.807, 2.05) is 0 Å². The molecule has 170 valence electrons. The lowest BCUT2D eigenvalue weighted by molar-refractivity contribution is -0.136. The van der Waals surface area contributed by atoms with Crippen LogP contribution in [0.1, 0.15) is 45.7 Å². The Morgan fingerprint density at radius 3 is 2.91 bits per heavy atom. The molecule has 3 atom stereocenters. The number of rotatable bonds is 5. The maximum Gasteiger partial charge on any atom is 0.273 e. The lowest BCUT2D eigenvalue weighted by Gasteiger charge is -2.29. The molecule has 2 fully saturated rings. The maximum atomic E-state index is 13.0. The van der Waals surface area contributed by atoms with Crippen LogP contribution < -0.4 is 10.6 Å². The molecule has 2 saturated heterocycles. The van der Waals surface area contributed by atoms with Crippen LogP contribution in [0.5, 0.6) is 0 Å². The average Bonchev–Trinajstić information content (AvgIpc) is 3.53. The largest absolute Gasteiger partial charge is 0.372 e. The van der Waals surface area contributed by atoms with Crippen molar-refractivity contribution in [2.75, 3.05) is 6.61 Å². The highest BCUT2D eigenvalue weighted by Crippen LogP contribution is 2.29. The molecule has 4 amide bonds. The van der Waals surface area contributed by atoms with Gasteiger partial charge in [0.2, 0.25) is 11.8 Å². The van der Waals surface area contributed by atoms with E-state index >= 15 is 0 Å². The summed E-state index contributed by atoms with van der Waals surface area (Å²) in [5, 5.41) is 13.2. The summed E-state index contributed by atoms with van der Waals surface area (Å²) in [6.45, 7) is 4.56. The van der Waals surface area contributed by atoms with Crippen LogP contribution in [0.2, 0.25) is 0 Å². The van der Waals surface area contributed by atoms with Crippen LogP contribution in [0, 0.1) is 0 Å². The van der Waals surface area contributed by atoms with E-state index in [2.05, 4.69) is 27.5 Å². The van der Waals surface area contributed by atoms with Crippen molar-refractivity contribution < 1.29 is 23.9 Å². The fraction of sp³-hybridized carbons (Fsp3) is 0.364. The van der Waals surface area contributed by atoms with Gasteiger partial charge in [-0.2, -0.15) is 0 Å². The predicted octanol–water partition coefficient (Wildman–Crippen LogP) is 0.102. The molecule has 0 saturated carbocycles. The fourth-order valence-corrected chi connectivity index (χ4v) is 4.42. The number of ether oxygens (including phenoxy) is 1. The number of nitrogens with one attached hydrogen (secondary N) is 2. The number of hydrogen-bond donors (Lipinski definition) is 2. The summed E-state index contributed by atoms with van der Waals surface area (Å²) in [5.74, 6) is -1.43. The lowest BCUT2D eigenvalue weighted by Crippen LogP contribution is -2.52. The first-order valence-electron chi connectivity index (χ1n) is 10.7. The Labute approximate surface area is 188 Å². The maximum absolute atomic E-state index is 13.0. The van der Waals surface area contributed by atoms with Gasteiger partial charge in [0.25, 0.3) is 11.8 Å². The summed E-state index contributed by atoms with van der Waals surface area (Å²) in [5.41, 5.74) is 1.94. The van der Waals surface area contributed by atoms with E-state index in [1.54, 1.807) is 24.3 Å². The Balaban J connectivity index is 1.32. The number of fused-ring (bicyclic) bond motifs is 1. The van der Waals surface area contributed by atoms with Crippen molar-refractivity contribution in [1.29, 1.82) is 0 Å². The van der Waals surface area contributed by atoms with Gasteiger partial charge in [0.05, 0.1) is 24.0 Å². The first-order valence-corrected chi connectivity index (χ1v) is 10.7. The minimum absolute atomic E-state index is 0.140. The number of amides is 4. The smallest absolute Gasteiger partial charge is 0.273 e. The van der Waals surface area contributed by atoms with Crippen molar-refractivity contribution in [1.82, 2.24) is 30.5 Å². The standard InChI is InChI=1S/C22H22N6O5/c1-2-18-15(7-8-33-18)23-20(30)16-11-28(26-25-16)13-4-3-12-10-27(22(32)14(12)9-13)17-5-6-19(29)24-21(17)31/h2-4,9,11,15,17-18H,1,5-8,10H2,(H,23,30)(H,24,29,31)/t15-,17?,18+/m1/s1. The normalized spacial score (nSPS) is 24.5. The number of imide groups is 1. The number of carbonyl (C=O) groups is 4. The van der Waals surface area contributed by atoms with Gasteiger partial charge in [-0.05, 0) is 30.5 Å². The van der Waals surface area contributed by atoms with E-state index < -0.39 is 11.9 Å². The number of benzene rings is 1. The first kappa shape index (κ1) is 21.0. The van der Waals surface area contributed by atoms with E-state index in [9.17, 15) is 19.2 Å². The van der Waals surface area contributed by atoms with Gasteiger partial charge in [-0.25, -0.2) is 4.68 Å².